The Morgan fingerprint density at radius 2 is 2.00 bits per heavy atom. The molecule has 0 heterocycles. The SMILES string of the molecule is COC(=O)C(C)Oc1cc(F)c([N+](=O)[O-])cc1F. The summed E-state index contributed by atoms with van der Waals surface area (Å²) in [4.78, 5) is 20.3. The second-order valence-electron chi connectivity index (χ2n) is 3.27. The van der Waals surface area contributed by atoms with E-state index in [0.29, 0.717) is 12.1 Å². The van der Waals surface area contributed by atoms with Crippen molar-refractivity contribution in [1.29, 1.82) is 0 Å². The van der Waals surface area contributed by atoms with E-state index in [1.54, 1.807) is 0 Å². The summed E-state index contributed by atoms with van der Waals surface area (Å²) >= 11 is 0. The van der Waals surface area contributed by atoms with E-state index in [-0.39, 0.29) is 0 Å². The fourth-order valence-electron chi connectivity index (χ4n) is 1.15. The number of nitrogens with zero attached hydrogens (tertiary/aromatic N) is 1. The Bertz CT molecular complexity index is 491. The molecule has 1 aromatic rings. The maximum absolute atomic E-state index is 13.4. The van der Waals surface area contributed by atoms with Gasteiger partial charge >= 0.3 is 11.7 Å². The van der Waals surface area contributed by atoms with Crippen molar-refractivity contribution in [2.75, 3.05) is 7.11 Å². The summed E-state index contributed by atoms with van der Waals surface area (Å²) in [6.45, 7) is 1.27. The average molecular weight is 261 g/mol. The highest BCUT2D eigenvalue weighted by molar-refractivity contribution is 5.74. The van der Waals surface area contributed by atoms with E-state index in [0.717, 1.165) is 7.11 Å². The van der Waals surface area contributed by atoms with E-state index in [1.165, 1.54) is 6.92 Å². The van der Waals surface area contributed by atoms with Crippen LogP contribution in [0.1, 0.15) is 6.92 Å². The molecule has 0 saturated heterocycles. The zero-order valence-electron chi connectivity index (χ0n) is 9.48. The van der Waals surface area contributed by atoms with Crippen molar-refractivity contribution < 1.29 is 28.0 Å². The number of hydrogen-bond acceptors (Lipinski definition) is 5. The Hall–Kier alpha value is -2.25. The van der Waals surface area contributed by atoms with Crippen molar-refractivity contribution in [2.45, 2.75) is 13.0 Å². The molecule has 1 aromatic carbocycles. The van der Waals surface area contributed by atoms with Crippen molar-refractivity contribution in [3.8, 4) is 5.75 Å². The Morgan fingerprint density at radius 3 is 2.50 bits per heavy atom. The van der Waals surface area contributed by atoms with Crippen LogP contribution in [-0.4, -0.2) is 24.1 Å². The fraction of sp³-hybridized carbons (Fsp3) is 0.300. The van der Waals surface area contributed by atoms with Crippen molar-refractivity contribution in [1.82, 2.24) is 0 Å². The molecule has 1 unspecified atom stereocenters. The molecule has 1 rings (SSSR count). The lowest BCUT2D eigenvalue weighted by Crippen LogP contribution is -2.25. The number of esters is 1. The second kappa shape index (κ2) is 5.39. The van der Waals surface area contributed by atoms with Gasteiger partial charge in [-0.05, 0) is 6.92 Å². The largest absolute Gasteiger partial charge is 0.476 e. The molecule has 18 heavy (non-hydrogen) atoms. The molecule has 0 radical (unpaired) electrons. The Kier molecular flexibility index (Phi) is 4.13. The van der Waals surface area contributed by atoms with E-state index in [2.05, 4.69) is 4.74 Å². The van der Waals surface area contributed by atoms with Crippen LogP contribution >= 0.6 is 0 Å². The summed E-state index contributed by atoms with van der Waals surface area (Å²) in [5, 5.41) is 10.3. The van der Waals surface area contributed by atoms with E-state index in [9.17, 15) is 23.7 Å². The molecule has 0 aliphatic heterocycles. The summed E-state index contributed by atoms with van der Waals surface area (Å²) in [6, 6.07) is 0.890. The van der Waals surface area contributed by atoms with Crippen LogP contribution in [-0.2, 0) is 9.53 Å². The highest BCUT2D eigenvalue weighted by atomic mass is 19.1. The first-order valence-electron chi connectivity index (χ1n) is 4.74. The molecule has 0 saturated carbocycles. The van der Waals surface area contributed by atoms with Crippen LogP contribution in [0.25, 0.3) is 0 Å². The van der Waals surface area contributed by atoms with Crippen LogP contribution in [0.15, 0.2) is 12.1 Å². The lowest BCUT2D eigenvalue weighted by Gasteiger charge is -2.12. The lowest BCUT2D eigenvalue weighted by atomic mass is 10.2. The van der Waals surface area contributed by atoms with Gasteiger partial charge in [0.1, 0.15) is 0 Å². The highest BCUT2D eigenvalue weighted by Crippen LogP contribution is 2.27. The summed E-state index contributed by atoms with van der Waals surface area (Å²) in [6.07, 6.45) is -1.16. The van der Waals surface area contributed by atoms with Gasteiger partial charge in [-0.1, -0.05) is 0 Å². The van der Waals surface area contributed by atoms with Gasteiger partial charge in [0.15, 0.2) is 17.7 Å². The molecule has 0 aromatic heterocycles. The minimum atomic E-state index is -1.26. The van der Waals surface area contributed by atoms with Crippen LogP contribution < -0.4 is 4.74 Å². The van der Waals surface area contributed by atoms with Gasteiger partial charge in [-0.15, -0.1) is 0 Å². The Morgan fingerprint density at radius 1 is 1.39 bits per heavy atom. The van der Waals surface area contributed by atoms with Crippen molar-refractivity contribution in [3.05, 3.63) is 33.9 Å². The van der Waals surface area contributed by atoms with E-state index in [1.807, 2.05) is 0 Å². The molecule has 0 aliphatic carbocycles. The zero-order valence-corrected chi connectivity index (χ0v) is 9.48. The molecule has 0 fully saturated rings. The predicted molar refractivity (Wildman–Crippen MR) is 55.1 cm³/mol. The van der Waals surface area contributed by atoms with Crippen molar-refractivity contribution in [3.63, 3.8) is 0 Å². The van der Waals surface area contributed by atoms with Crippen molar-refractivity contribution >= 4 is 11.7 Å². The number of hydrogen-bond donors (Lipinski definition) is 0. The quantitative estimate of drug-likeness (QED) is 0.469. The number of nitro benzene ring substituents is 1. The van der Waals surface area contributed by atoms with Gasteiger partial charge in [0.2, 0.25) is 5.82 Å². The standard InChI is InChI=1S/C10H9F2NO5/c1-5(10(14)17-2)18-9-4-6(11)8(13(15)16)3-7(9)12/h3-5H,1-2H3. The predicted octanol–water partition coefficient (Wildman–Crippen LogP) is 1.81. The Labute approximate surface area is 100 Å². The second-order valence-corrected chi connectivity index (χ2v) is 3.27. The summed E-state index contributed by atoms with van der Waals surface area (Å²) in [5.41, 5.74) is -1.01. The summed E-state index contributed by atoms with van der Waals surface area (Å²) in [7, 11) is 1.11. The fourth-order valence-corrected chi connectivity index (χ4v) is 1.15. The molecule has 98 valence electrons. The zero-order chi connectivity index (χ0) is 13.9. The molecule has 8 heteroatoms. The number of benzene rings is 1. The number of carbonyl (C=O) groups is 1. The lowest BCUT2D eigenvalue weighted by molar-refractivity contribution is -0.387. The Balaban J connectivity index is 3.02. The van der Waals surface area contributed by atoms with Gasteiger partial charge in [-0.25, -0.2) is 9.18 Å². The molecular weight excluding hydrogens is 252 g/mol. The highest BCUT2D eigenvalue weighted by Gasteiger charge is 2.22. The number of methoxy groups -OCH3 is 1. The minimum absolute atomic E-state index is 0.384. The first-order chi connectivity index (χ1) is 8.36. The van der Waals surface area contributed by atoms with Crippen LogP contribution in [0.4, 0.5) is 14.5 Å². The van der Waals surface area contributed by atoms with Gasteiger partial charge in [0.05, 0.1) is 18.1 Å². The number of halogens is 2. The third-order valence-electron chi connectivity index (χ3n) is 2.03. The van der Waals surface area contributed by atoms with Crippen LogP contribution in [0.3, 0.4) is 0 Å². The molecule has 0 spiro atoms. The van der Waals surface area contributed by atoms with Gasteiger partial charge in [-0.3, -0.25) is 10.1 Å². The first kappa shape index (κ1) is 13.8. The molecule has 0 aliphatic rings. The van der Waals surface area contributed by atoms with E-state index >= 15 is 0 Å². The third kappa shape index (κ3) is 2.90. The van der Waals surface area contributed by atoms with Crippen LogP contribution in [0, 0.1) is 21.7 Å². The smallest absolute Gasteiger partial charge is 0.346 e. The maximum Gasteiger partial charge on any atom is 0.346 e. The molecular formula is C10H9F2NO5. The topological polar surface area (TPSA) is 78.7 Å². The minimum Gasteiger partial charge on any atom is -0.476 e. The van der Waals surface area contributed by atoms with Crippen LogP contribution in [0.2, 0.25) is 0 Å². The molecule has 0 amide bonds. The number of carbonyl (C=O) groups excluding carboxylic acids is 1. The van der Waals surface area contributed by atoms with Crippen molar-refractivity contribution in [2.24, 2.45) is 0 Å². The molecule has 6 nitrogen and oxygen atoms in total. The number of nitro groups is 1. The third-order valence-corrected chi connectivity index (χ3v) is 2.03. The average Bonchev–Trinajstić information content (AvgIpc) is 2.31. The van der Waals surface area contributed by atoms with Gasteiger partial charge in [0, 0.05) is 6.07 Å². The van der Waals surface area contributed by atoms with Gasteiger partial charge in [0.25, 0.3) is 0 Å². The first-order valence-corrected chi connectivity index (χ1v) is 4.74. The summed E-state index contributed by atoms with van der Waals surface area (Å²) in [5.74, 6) is -3.78. The molecule has 0 bridgehead atoms. The van der Waals surface area contributed by atoms with Gasteiger partial charge in [-0.2, -0.15) is 4.39 Å². The summed E-state index contributed by atoms with van der Waals surface area (Å²) < 4.78 is 35.7. The monoisotopic (exact) mass is 261 g/mol. The normalized spacial score (nSPS) is 11.8. The number of rotatable bonds is 4. The molecule has 1 atom stereocenters. The maximum atomic E-state index is 13.4. The number of ether oxygens (including phenoxy) is 2. The van der Waals surface area contributed by atoms with Gasteiger partial charge < -0.3 is 9.47 Å². The van der Waals surface area contributed by atoms with E-state index in [4.69, 9.17) is 4.74 Å². The van der Waals surface area contributed by atoms with E-state index < -0.39 is 40.1 Å². The van der Waals surface area contributed by atoms with Crippen LogP contribution in [0.5, 0.6) is 5.75 Å². The molecule has 0 N–H and O–H groups in total.